The van der Waals surface area contributed by atoms with Gasteiger partial charge in [-0.15, -0.1) is 0 Å². The number of hydrogen-bond donors (Lipinski definition) is 4. The van der Waals surface area contributed by atoms with Crippen LogP contribution in [-0.2, 0) is 28.6 Å². The van der Waals surface area contributed by atoms with Gasteiger partial charge in [0.15, 0.2) is 6.10 Å². The summed E-state index contributed by atoms with van der Waals surface area (Å²) in [5, 5.41) is 34.0. The lowest BCUT2D eigenvalue weighted by Gasteiger charge is -2.16. The molecule has 0 aromatic heterocycles. The molecule has 0 heterocycles. The molecule has 0 saturated carbocycles. The van der Waals surface area contributed by atoms with Crippen molar-refractivity contribution in [2.45, 2.75) is 12.5 Å². The van der Waals surface area contributed by atoms with Crippen molar-refractivity contribution in [2.24, 2.45) is 5.92 Å². The minimum atomic E-state index is -2.62. The Bertz CT molecular complexity index is 506. The quantitative estimate of drug-likeness (QED) is 0.272. The van der Waals surface area contributed by atoms with E-state index in [-0.39, 0.29) is 0 Å². The molecule has 0 spiro atoms. The van der Waals surface area contributed by atoms with Gasteiger partial charge in [-0.05, 0) is 0 Å². The van der Waals surface area contributed by atoms with Crippen LogP contribution in [0, 0.1) is 5.92 Å². The van der Waals surface area contributed by atoms with E-state index in [9.17, 15) is 33.9 Å². The molecule has 0 bridgehead atoms. The molecule has 0 aromatic carbocycles. The summed E-state index contributed by atoms with van der Waals surface area (Å²) < 4.78 is 10.7. The van der Waals surface area contributed by atoms with E-state index >= 15 is 0 Å². The first-order valence-electron chi connectivity index (χ1n) is 5.05. The van der Waals surface area contributed by atoms with E-state index in [0.717, 1.165) is 0 Å². The van der Waals surface area contributed by atoms with Crippen molar-refractivity contribution in [2.75, 3.05) is 0 Å². The van der Waals surface area contributed by atoms with E-state index < -0.39 is 54.8 Å². The summed E-state index contributed by atoms with van der Waals surface area (Å²) >= 11 is 0. The normalized spacial score (nSPS) is 12.4. The van der Waals surface area contributed by atoms with Crippen LogP contribution in [0.2, 0.25) is 0 Å². The fourth-order valence-electron chi connectivity index (χ4n) is 1.11. The lowest BCUT2D eigenvalue weighted by Crippen LogP contribution is -2.40. The van der Waals surface area contributed by atoms with Crippen LogP contribution in [-0.4, -0.2) is 62.9 Å². The highest BCUT2D eigenvalue weighted by Crippen LogP contribution is 2.15. The molecule has 0 aliphatic heterocycles. The minimum absolute atomic E-state index is 1.30. The number of aliphatic hydroxyl groups excluding tert-OH is 1. The average Bonchev–Trinajstić information content (AvgIpc) is 2.32. The SMILES string of the molecule is O=C(O)OC(=O)CC(C(=O)OC(=O)O)C(O)C(=O)OC(=O)O. The Hall–Kier alpha value is -3.22. The molecule has 0 aromatic rings. The standard InChI is InChI=1S/C9H8O13/c10-3(20-7(14)15)1-2(5(12)21-8(16)17)4(11)6(13)22-9(18)19/h2,4,11H,1H2,(H,14,15)(H,16,17)(H,18,19). The number of carbonyl (C=O) groups excluding carboxylic acids is 3. The van der Waals surface area contributed by atoms with Gasteiger partial charge in [0.05, 0.1) is 6.42 Å². The molecule has 0 aliphatic carbocycles. The molecular formula is C9H8O13. The highest BCUT2D eigenvalue weighted by atomic mass is 16.7. The smallest absolute Gasteiger partial charge is 0.449 e. The summed E-state index contributed by atoms with van der Waals surface area (Å²) in [6.07, 6.45) is -10.3. The number of ether oxygens (including phenoxy) is 3. The van der Waals surface area contributed by atoms with Gasteiger partial charge in [-0.3, -0.25) is 9.59 Å². The molecule has 2 unspecified atom stereocenters. The van der Waals surface area contributed by atoms with Gasteiger partial charge in [0.1, 0.15) is 5.92 Å². The van der Waals surface area contributed by atoms with E-state index in [1.807, 2.05) is 0 Å². The van der Waals surface area contributed by atoms with Crippen molar-refractivity contribution >= 4 is 36.4 Å². The van der Waals surface area contributed by atoms with Gasteiger partial charge < -0.3 is 34.6 Å². The van der Waals surface area contributed by atoms with Crippen LogP contribution in [0.5, 0.6) is 0 Å². The summed E-state index contributed by atoms with van der Waals surface area (Å²) in [4.78, 5) is 63.9. The van der Waals surface area contributed by atoms with Gasteiger partial charge >= 0.3 is 36.4 Å². The first kappa shape index (κ1) is 18.8. The molecule has 0 radical (unpaired) electrons. The Labute approximate surface area is 119 Å². The lowest BCUT2D eigenvalue weighted by molar-refractivity contribution is -0.164. The number of rotatable bonds is 5. The first-order valence-corrected chi connectivity index (χ1v) is 5.05. The monoisotopic (exact) mass is 324 g/mol. The summed E-state index contributed by atoms with van der Waals surface area (Å²) in [6.45, 7) is 0. The second kappa shape index (κ2) is 8.15. The number of aliphatic hydroxyl groups is 1. The van der Waals surface area contributed by atoms with Crippen LogP contribution >= 0.6 is 0 Å². The van der Waals surface area contributed by atoms with Crippen molar-refractivity contribution in [3.05, 3.63) is 0 Å². The summed E-state index contributed by atoms with van der Waals surface area (Å²) in [7, 11) is 0. The molecule has 22 heavy (non-hydrogen) atoms. The van der Waals surface area contributed by atoms with Crippen LogP contribution in [0.1, 0.15) is 6.42 Å². The molecule has 13 nitrogen and oxygen atoms in total. The second-order valence-corrected chi connectivity index (χ2v) is 3.37. The Morgan fingerprint density at radius 2 is 1.14 bits per heavy atom. The summed E-state index contributed by atoms with van der Waals surface area (Å²) in [5.74, 6) is -7.65. The van der Waals surface area contributed by atoms with Crippen LogP contribution < -0.4 is 0 Å². The van der Waals surface area contributed by atoms with E-state index in [4.69, 9.17) is 15.3 Å². The van der Waals surface area contributed by atoms with E-state index in [0.29, 0.717) is 0 Å². The van der Waals surface area contributed by atoms with Gasteiger partial charge in [0.2, 0.25) is 0 Å². The summed E-state index contributed by atoms with van der Waals surface area (Å²) in [6, 6.07) is 0. The van der Waals surface area contributed by atoms with Crippen molar-refractivity contribution in [1.82, 2.24) is 0 Å². The zero-order valence-electron chi connectivity index (χ0n) is 10.3. The van der Waals surface area contributed by atoms with Gasteiger partial charge in [0.25, 0.3) is 0 Å². The Balaban J connectivity index is 5.14. The number of carbonyl (C=O) groups is 6. The van der Waals surface area contributed by atoms with Crippen molar-refractivity contribution in [1.29, 1.82) is 0 Å². The third-order valence-electron chi connectivity index (χ3n) is 1.89. The van der Waals surface area contributed by atoms with Gasteiger partial charge in [-0.2, -0.15) is 0 Å². The van der Waals surface area contributed by atoms with Crippen LogP contribution in [0.25, 0.3) is 0 Å². The Morgan fingerprint density at radius 3 is 1.55 bits per heavy atom. The second-order valence-electron chi connectivity index (χ2n) is 3.37. The molecule has 0 rings (SSSR count). The van der Waals surface area contributed by atoms with Gasteiger partial charge in [-0.1, -0.05) is 0 Å². The first-order chi connectivity index (χ1) is 10.0. The van der Waals surface area contributed by atoms with Crippen molar-refractivity contribution in [3.8, 4) is 0 Å². The highest BCUT2D eigenvalue weighted by molar-refractivity contribution is 5.93. The molecule has 2 atom stereocenters. The zero-order valence-corrected chi connectivity index (χ0v) is 10.3. The van der Waals surface area contributed by atoms with E-state index in [2.05, 4.69) is 14.2 Å². The number of hydrogen-bond acceptors (Lipinski definition) is 10. The lowest BCUT2D eigenvalue weighted by atomic mass is 9.99. The number of carboxylic acid groups (broad SMARTS) is 3. The summed E-state index contributed by atoms with van der Waals surface area (Å²) in [5.41, 5.74) is 0. The average molecular weight is 324 g/mol. The Kier molecular flexibility index (Phi) is 6.96. The zero-order chi connectivity index (χ0) is 17.4. The minimum Gasteiger partial charge on any atom is -0.449 e. The van der Waals surface area contributed by atoms with E-state index in [1.165, 1.54) is 0 Å². The maximum absolute atomic E-state index is 11.3. The molecule has 0 saturated heterocycles. The fourth-order valence-corrected chi connectivity index (χ4v) is 1.11. The highest BCUT2D eigenvalue weighted by Gasteiger charge is 2.39. The molecule has 122 valence electrons. The molecule has 0 aliphatic rings. The predicted octanol–water partition coefficient (Wildman–Crippen LogP) is -0.983. The topological polar surface area (TPSA) is 211 Å². The van der Waals surface area contributed by atoms with Gasteiger partial charge in [0, 0.05) is 0 Å². The van der Waals surface area contributed by atoms with E-state index in [1.54, 1.807) is 0 Å². The maximum Gasteiger partial charge on any atom is 0.513 e. The molecule has 0 amide bonds. The molecule has 13 heteroatoms. The molecule has 4 N–H and O–H groups in total. The predicted molar refractivity (Wildman–Crippen MR) is 56.5 cm³/mol. The van der Waals surface area contributed by atoms with Crippen LogP contribution in [0.4, 0.5) is 14.4 Å². The van der Waals surface area contributed by atoms with Crippen LogP contribution in [0.3, 0.4) is 0 Å². The molecular weight excluding hydrogens is 316 g/mol. The van der Waals surface area contributed by atoms with Gasteiger partial charge in [-0.25, -0.2) is 19.2 Å². The number of esters is 3. The third kappa shape index (κ3) is 6.80. The van der Waals surface area contributed by atoms with Crippen molar-refractivity contribution < 1.29 is 63.4 Å². The third-order valence-corrected chi connectivity index (χ3v) is 1.89. The largest absolute Gasteiger partial charge is 0.513 e. The maximum atomic E-state index is 11.3. The van der Waals surface area contributed by atoms with Crippen LogP contribution in [0.15, 0.2) is 0 Å². The van der Waals surface area contributed by atoms with Crippen molar-refractivity contribution in [3.63, 3.8) is 0 Å². The molecule has 0 fully saturated rings. The Morgan fingerprint density at radius 1 is 0.727 bits per heavy atom. The fraction of sp³-hybridized carbons (Fsp3) is 0.333.